The number of carbonyl (C=O) groups excluding carboxylic acids is 2. The molecule has 7 nitrogen and oxygen atoms in total. The number of anilines is 1. The lowest BCUT2D eigenvalue weighted by Gasteiger charge is -2.30. The maximum absolute atomic E-state index is 13.3. The zero-order chi connectivity index (χ0) is 27.0. The molecule has 2 amide bonds. The van der Waals surface area contributed by atoms with Crippen LogP contribution in [-0.2, 0) is 26.2 Å². The highest BCUT2D eigenvalue weighted by atomic mass is 35.5. The van der Waals surface area contributed by atoms with Crippen LogP contribution in [-0.4, -0.2) is 50.5 Å². The molecule has 198 valence electrons. The molecule has 0 fully saturated rings. The van der Waals surface area contributed by atoms with Crippen LogP contribution in [0.4, 0.5) is 5.69 Å². The standard InChI is InChI=1S/C26H35Cl2N3O4S/c1-18(2)16-29-26(33)20(4)30(17-21-8-6-9-22(27)14-21)25(32)10-7-13-31(36(5,34)35)24-15-23(28)12-11-19(24)3/h6,8-9,11-12,14-15,18,20H,7,10,13,16-17H2,1-5H3,(H,29,33). The van der Waals surface area contributed by atoms with Crippen LogP contribution in [0.1, 0.15) is 44.7 Å². The van der Waals surface area contributed by atoms with Gasteiger partial charge in [0.15, 0.2) is 0 Å². The predicted molar refractivity (Wildman–Crippen MR) is 147 cm³/mol. The molecule has 1 N–H and O–H groups in total. The van der Waals surface area contributed by atoms with Crippen molar-refractivity contribution in [3.63, 3.8) is 0 Å². The summed E-state index contributed by atoms with van der Waals surface area (Å²) in [5, 5.41) is 3.85. The first-order valence-electron chi connectivity index (χ1n) is 11.8. The van der Waals surface area contributed by atoms with Crippen LogP contribution < -0.4 is 9.62 Å². The van der Waals surface area contributed by atoms with Gasteiger partial charge in [0.2, 0.25) is 21.8 Å². The molecule has 0 bridgehead atoms. The van der Waals surface area contributed by atoms with Crippen molar-refractivity contribution < 1.29 is 18.0 Å². The molecule has 0 radical (unpaired) electrons. The highest BCUT2D eigenvalue weighted by Crippen LogP contribution is 2.27. The molecule has 0 aliphatic heterocycles. The molecule has 36 heavy (non-hydrogen) atoms. The van der Waals surface area contributed by atoms with Crippen LogP contribution >= 0.6 is 23.2 Å². The Morgan fingerprint density at radius 2 is 1.69 bits per heavy atom. The first-order valence-corrected chi connectivity index (χ1v) is 14.5. The zero-order valence-corrected chi connectivity index (χ0v) is 23.8. The smallest absolute Gasteiger partial charge is 0.242 e. The lowest BCUT2D eigenvalue weighted by atomic mass is 10.1. The maximum atomic E-state index is 13.3. The van der Waals surface area contributed by atoms with Crippen molar-refractivity contribution in [3.8, 4) is 0 Å². The molecule has 10 heteroatoms. The van der Waals surface area contributed by atoms with E-state index in [1.54, 1.807) is 50.2 Å². The number of hydrogen-bond donors (Lipinski definition) is 1. The average Bonchev–Trinajstić information content (AvgIpc) is 2.79. The van der Waals surface area contributed by atoms with Gasteiger partial charge in [-0.05, 0) is 61.6 Å². The molecule has 0 saturated heterocycles. The van der Waals surface area contributed by atoms with Crippen molar-refractivity contribution in [2.75, 3.05) is 23.7 Å². The van der Waals surface area contributed by atoms with E-state index in [0.717, 1.165) is 17.4 Å². The SMILES string of the molecule is Cc1ccc(Cl)cc1N(CCCC(=O)N(Cc1cccc(Cl)c1)C(C)C(=O)NCC(C)C)S(C)(=O)=O. The van der Waals surface area contributed by atoms with Crippen LogP contribution in [0, 0.1) is 12.8 Å². The number of sulfonamides is 1. The van der Waals surface area contributed by atoms with Crippen molar-refractivity contribution >= 4 is 50.7 Å². The number of nitrogens with zero attached hydrogens (tertiary/aromatic N) is 2. The summed E-state index contributed by atoms with van der Waals surface area (Å²) in [6, 6.07) is 11.5. The Morgan fingerprint density at radius 1 is 1.03 bits per heavy atom. The highest BCUT2D eigenvalue weighted by molar-refractivity contribution is 7.92. The molecule has 1 atom stereocenters. The molecule has 2 rings (SSSR count). The second-order valence-electron chi connectivity index (χ2n) is 9.34. The number of halogens is 2. The largest absolute Gasteiger partial charge is 0.354 e. The summed E-state index contributed by atoms with van der Waals surface area (Å²) in [6.45, 7) is 8.30. The first kappa shape index (κ1) is 29.9. The topological polar surface area (TPSA) is 86.8 Å². The third kappa shape index (κ3) is 8.98. The monoisotopic (exact) mass is 555 g/mol. The summed E-state index contributed by atoms with van der Waals surface area (Å²) in [7, 11) is -3.60. The van der Waals surface area contributed by atoms with E-state index in [4.69, 9.17) is 23.2 Å². The minimum absolute atomic E-state index is 0.0635. The Labute approximate surface area is 224 Å². The van der Waals surface area contributed by atoms with Crippen LogP contribution in [0.2, 0.25) is 10.0 Å². The van der Waals surface area contributed by atoms with Gasteiger partial charge in [0, 0.05) is 36.1 Å². The molecule has 1 unspecified atom stereocenters. The minimum Gasteiger partial charge on any atom is -0.354 e. The van der Waals surface area contributed by atoms with Gasteiger partial charge in [-0.2, -0.15) is 0 Å². The van der Waals surface area contributed by atoms with Crippen LogP contribution in [0.25, 0.3) is 0 Å². The molecular formula is C26H35Cl2N3O4S. The Balaban J connectivity index is 2.19. The second-order valence-corrected chi connectivity index (χ2v) is 12.1. The fraction of sp³-hybridized carbons (Fsp3) is 0.462. The minimum atomic E-state index is -3.60. The molecule has 0 heterocycles. The average molecular weight is 557 g/mol. The van der Waals surface area contributed by atoms with E-state index in [-0.39, 0.29) is 43.7 Å². The molecular weight excluding hydrogens is 521 g/mol. The van der Waals surface area contributed by atoms with Gasteiger partial charge < -0.3 is 10.2 Å². The van der Waals surface area contributed by atoms with E-state index in [9.17, 15) is 18.0 Å². The summed E-state index contributed by atoms with van der Waals surface area (Å²) in [5.41, 5.74) is 2.04. The summed E-state index contributed by atoms with van der Waals surface area (Å²) < 4.78 is 26.3. The van der Waals surface area contributed by atoms with Crippen molar-refractivity contribution in [2.45, 2.75) is 53.1 Å². The third-order valence-corrected chi connectivity index (χ3v) is 7.34. The lowest BCUT2D eigenvalue weighted by molar-refractivity contribution is -0.140. The molecule has 0 aliphatic carbocycles. The number of nitrogens with one attached hydrogen (secondary N) is 1. The van der Waals surface area contributed by atoms with Gasteiger partial charge in [0.1, 0.15) is 6.04 Å². The predicted octanol–water partition coefficient (Wildman–Crippen LogP) is 5.04. The number of benzene rings is 2. The Morgan fingerprint density at radius 3 is 2.31 bits per heavy atom. The van der Waals surface area contributed by atoms with Crippen LogP contribution in [0.5, 0.6) is 0 Å². The first-order chi connectivity index (χ1) is 16.8. The zero-order valence-electron chi connectivity index (χ0n) is 21.4. The van der Waals surface area contributed by atoms with E-state index in [2.05, 4.69) is 5.32 Å². The van der Waals surface area contributed by atoms with Crippen molar-refractivity contribution in [1.82, 2.24) is 10.2 Å². The molecule has 0 saturated carbocycles. The fourth-order valence-electron chi connectivity index (χ4n) is 3.70. The fourth-order valence-corrected chi connectivity index (χ4v) is 5.09. The quantitative estimate of drug-likeness (QED) is 0.397. The van der Waals surface area contributed by atoms with Crippen LogP contribution in [0.3, 0.4) is 0 Å². The molecule has 2 aromatic rings. The number of amides is 2. The number of hydrogen-bond acceptors (Lipinski definition) is 4. The van der Waals surface area contributed by atoms with Crippen molar-refractivity contribution in [1.29, 1.82) is 0 Å². The van der Waals surface area contributed by atoms with Gasteiger partial charge in [-0.15, -0.1) is 0 Å². The summed E-state index contributed by atoms with van der Waals surface area (Å²) >= 11 is 12.2. The third-order valence-electron chi connectivity index (χ3n) is 5.69. The normalized spacial score (nSPS) is 12.3. The number of rotatable bonds is 12. The molecule has 0 aromatic heterocycles. The van der Waals surface area contributed by atoms with Crippen LogP contribution in [0.15, 0.2) is 42.5 Å². The van der Waals surface area contributed by atoms with Crippen molar-refractivity contribution in [3.05, 3.63) is 63.6 Å². The van der Waals surface area contributed by atoms with Gasteiger partial charge in [-0.1, -0.05) is 55.2 Å². The summed E-state index contributed by atoms with van der Waals surface area (Å²) in [4.78, 5) is 27.6. The Bertz CT molecular complexity index is 1170. The van der Waals surface area contributed by atoms with Gasteiger partial charge in [-0.3, -0.25) is 13.9 Å². The second kappa shape index (κ2) is 13.3. The highest BCUT2D eigenvalue weighted by Gasteiger charge is 2.27. The Hall–Kier alpha value is -2.29. The Kier molecular flexibility index (Phi) is 11.1. The summed E-state index contributed by atoms with van der Waals surface area (Å²) in [5.74, 6) is -0.222. The lowest BCUT2D eigenvalue weighted by Crippen LogP contribution is -2.48. The molecule has 0 aliphatic rings. The summed E-state index contributed by atoms with van der Waals surface area (Å²) in [6.07, 6.45) is 1.46. The van der Waals surface area contributed by atoms with Gasteiger partial charge in [-0.25, -0.2) is 8.42 Å². The number of aryl methyl sites for hydroxylation is 1. The van der Waals surface area contributed by atoms with E-state index in [0.29, 0.717) is 22.3 Å². The number of carbonyl (C=O) groups is 2. The van der Waals surface area contributed by atoms with Gasteiger partial charge in [0.25, 0.3) is 0 Å². The maximum Gasteiger partial charge on any atom is 0.242 e. The van der Waals surface area contributed by atoms with E-state index in [1.807, 2.05) is 19.9 Å². The van der Waals surface area contributed by atoms with E-state index >= 15 is 0 Å². The molecule has 2 aromatic carbocycles. The van der Waals surface area contributed by atoms with Crippen molar-refractivity contribution in [2.24, 2.45) is 5.92 Å². The van der Waals surface area contributed by atoms with E-state index in [1.165, 1.54) is 9.21 Å². The molecule has 0 spiro atoms. The van der Waals surface area contributed by atoms with Gasteiger partial charge in [0.05, 0.1) is 11.9 Å². The van der Waals surface area contributed by atoms with Gasteiger partial charge >= 0.3 is 0 Å². The van der Waals surface area contributed by atoms with E-state index < -0.39 is 16.1 Å².